The Kier molecular flexibility index (Phi) is 7.39. The summed E-state index contributed by atoms with van der Waals surface area (Å²) >= 11 is 0. The number of methoxy groups -OCH3 is 1. The fraction of sp³-hybridized carbons (Fsp3) is 0.182. The number of rotatable bonds is 9. The van der Waals surface area contributed by atoms with Crippen LogP contribution in [0.5, 0.6) is 5.88 Å². The Morgan fingerprint density at radius 3 is 2.56 bits per heavy atom. The molecule has 8 nitrogen and oxygen atoms in total. The van der Waals surface area contributed by atoms with Gasteiger partial charge in [-0.05, 0) is 48.9 Å². The molecule has 1 amide bonds. The van der Waals surface area contributed by atoms with Crippen molar-refractivity contribution >= 4 is 27.3 Å². The van der Waals surface area contributed by atoms with Crippen LogP contribution in [0, 0.1) is 12.7 Å². The molecule has 3 aromatic rings. The summed E-state index contributed by atoms with van der Waals surface area (Å²) < 4.78 is 51.5. The van der Waals surface area contributed by atoms with E-state index in [4.69, 9.17) is 9.47 Å². The van der Waals surface area contributed by atoms with Crippen molar-refractivity contribution in [2.45, 2.75) is 11.8 Å². The third-order valence-corrected chi connectivity index (χ3v) is 5.74. The van der Waals surface area contributed by atoms with Gasteiger partial charge in [0.15, 0.2) is 0 Å². The van der Waals surface area contributed by atoms with E-state index in [9.17, 15) is 17.6 Å². The summed E-state index contributed by atoms with van der Waals surface area (Å²) in [6.07, 6.45) is 1.44. The van der Waals surface area contributed by atoms with Gasteiger partial charge in [0.1, 0.15) is 12.4 Å². The Bertz CT molecular complexity index is 1200. The van der Waals surface area contributed by atoms with E-state index in [1.54, 1.807) is 26.2 Å². The third kappa shape index (κ3) is 6.02. The van der Waals surface area contributed by atoms with Crippen LogP contribution in [0.4, 0.5) is 15.8 Å². The standard InChI is InChI=1S/C22H22FN3O5S/c1-15-6-8-19(13-20(15)23)32(28,29)26-17-5-3-4-16(12-17)22(27)25-18-7-9-21(24-14-18)31-11-10-30-2/h3-9,12-14,26H,10-11H2,1-2H3,(H,25,27). The lowest BCUT2D eigenvalue weighted by Gasteiger charge is -2.11. The number of hydrogen-bond acceptors (Lipinski definition) is 6. The van der Waals surface area contributed by atoms with E-state index in [-0.39, 0.29) is 16.1 Å². The van der Waals surface area contributed by atoms with Crippen LogP contribution >= 0.6 is 0 Å². The summed E-state index contributed by atoms with van der Waals surface area (Å²) in [5, 5.41) is 2.68. The Hall–Kier alpha value is -3.50. The number of benzene rings is 2. The number of aryl methyl sites for hydroxylation is 1. The number of aromatic nitrogens is 1. The first-order valence-corrected chi connectivity index (χ1v) is 11.0. The van der Waals surface area contributed by atoms with Gasteiger partial charge < -0.3 is 14.8 Å². The quantitative estimate of drug-likeness (QED) is 0.474. The average molecular weight is 459 g/mol. The molecule has 1 heterocycles. The third-order valence-electron chi connectivity index (χ3n) is 4.36. The van der Waals surface area contributed by atoms with Crippen molar-refractivity contribution in [3.63, 3.8) is 0 Å². The first-order valence-electron chi connectivity index (χ1n) is 9.56. The summed E-state index contributed by atoms with van der Waals surface area (Å²) in [7, 11) is -2.46. The Labute approximate surface area is 185 Å². The highest BCUT2D eigenvalue weighted by molar-refractivity contribution is 7.92. The molecule has 0 radical (unpaired) electrons. The minimum absolute atomic E-state index is 0.165. The van der Waals surface area contributed by atoms with E-state index >= 15 is 0 Å². The number of carbonyl (C=O) groups is 1. The van der Waals surface area contributed by atoms with Gasteiger partial charge >= 0.3 is 0 Å². The van der Waals surface area contributed by atoms with E-state index in [2.05, 4.69) is 15.0 Å². The Morgan fingerprint density at radius 1 is 1.06 bits per heavy atom. The Morgan fingerprint density at radius 2 is 1.88 bits per heavy atom. The number of nitrogens with one attached hydrogen (secondary N) is 2. The average Bonchev–Trinajstić information content (AvgIpc) is 2.77. The lowest BCUT2D eigenvalue weighted by molar-refractivity contribution is 0.102. The van der Waals surface area contributed by atoms with Gasteiger partial charge in [0.25, 0.3) is 15.9 Å². The first kappa shape index (κ1) is 23.2. The maximum Gasteiger partial charge on any atom is 0.261 e. The van der Waals surface area contributed by atoms with Gasteiger partial charge in [-0.3, -0.25) is 9.52 Å². The topological polar surface area (TPSA) is 107 Å². The molecular weight excluding hydrogens is 437 g/mol. The second kappa shape index (κ2) is 10.2. The van der Waals surface area contributed by atoms with Crippen molar-refractivity contribution in [3.05, 3.63) is 77.7 Å². The summed E-state index contributed by atoms with van der Waals surface area (Å²) in [6, 6.07) is 12.8. The van der Waals surface area contributed by atoms with E-state index in [0.29, 0.717) is 30.3 Å². The molecule has 3 rings (SSSR count). The molecule has 0 atom stereocenters. The zero-order valence-corrected chi connectivity index (χ0v) is 18.3. The molecule has 0 aliphatic carbocycles. The van der Waals surface area contributed by atoms with Gasteiger partial charge in [-0.25, -0.2) is 17.8 Å². The van der Waals surface area contributed by atoms with Crippen LogP contribution in [0.3, 0.4) is 0 Å². The summed E-state index contributed by atoms with van der Waals surface area (Å²) in [6.45, 7) is 2.32. The molecule has 0 aliphatic heterocycles. The van der Waals surface area contributed by atoms with Crippen molar-refractivity contribution in [2.24, 2.45) is 0 Å². The fourth-order valence-electron chi connectivity index (χ4n) is 2.65. The summed E-state index contributed by atoms with van der Waals surface area (Å²) in [5.41, 5.74) is 1.17. The highest BCUT2D eigenvalue weighted by Gasteiger charge is 2.17. The van der Waals surface area contributed by atoms with E-state index in [0.717, 1.165) is 6.07 Å². The molecule has 0 aliphatic rings. The smallest absolute Gasteiger partial charge is 0.261 e. The van der Waals surface area contributed by atoms with Crippen LogP contribution in [-0.4, -0.2) is 39.6 Å². The molecule has 32 heavy (non-hydrogen) atoms. The maximum atomic E-state index is 13.8. The van der Waals surface area contributed by atoms with E-state index in [1.165, 1.54) is 42.6 Å². The van der Waals surface area contributed by atoms with Crippen LogP contribution in [0.2, 0.25) is 0 Å². The maximum absolute atomic E-state index is 13.8. The molecular formula is C22H22FN3O5S. The molecule has 0 bridgehead atoms. The fourth-order valence-corrected chi connectivity index (χ4v) is 3.71. The van der Waals surface area contributed by atoms with Crippen LogP contribution in [0.1, 0.15) is 15.9 Å². The van der Waals surface area contributed by atoms with Gasteiger partial charge in [0.05, 0.1) is 23.4 Å². The van der Waals surface area contributed by atoms with Crippen LogP contribution < -0.4 is 14.8 Å². The lowest BCUT2D eigenvalue weighted by Crippen LogP contribution is -2.15. The van der Waals surface area contributed by atoms with Crippen LogP contribution in [0.15, 0.2) is 65.7 Å². The van der Waals surface area contributed by atoms with Gasteiger partial charge in [0.2, 0.25) is 5.88 Å². The van der Waals surface area contributed by atoms with Crippen molar-refractivity contribution in [2.75, 3.05) is 30.4 Å². The normalized spacial score (nSPS) is 11.1. The number of anilines is 2. The largest absolute Gasteiger partial charge is 0.475 e. The number of nitrogens with zero attached hydrogens (tertiary/aromatic N) is 1. The predicted octanol–water partition coefficient (Wildman–Crippen LogP) is 3.61. The van der Waals surface area contributed by atoms with Crippen LogP contribution in [-0.2, 0) is 14.8 Å². The van der Waals surface area contributed by atoms with Gasteiger partial charge in [-0.15, -0.1) is 0 Å². The highest BCUT2D eigenvalue weighted by Crippen LogP contribution is 2.20. The SMILES string of the molecule is COCCOc1ccc(NC(=O)c2cccc(NS(=O)(=O)c3ccc(C)c(F)c3)c2)cn1. The summed E-state index contributed by atoms with van der Waals surface area (Å²) in [4.78, 5) is 16.4. The minimum atomic E-state index is -4.02. The molecule has 10 heteroatoms. The van der Waals surface area contributed by atoms with Crippen molar-refractivity contribution in [3.8, 4) is 5.88 Å². The second-order valence-corrected chi connectivity index (χ2v) is 8.46. The van der Waals surface area contributed by atoms with E-state index in [1.807, 2.05) is 0 Å². The number of halogens is 1. The number of hydrogen-bond donors (Lipinski definition) is 2. The molecule has 2 aromatic carbocycles. The zero-order valence-electron chi connectivity index (χ0n) is 17.5. The van der Waals surface area contributed by atoms with E-state index < -0.39 is 21.7 Å². The number of pyridine rings is 1. The number of carbonyl (C=O) groups excluding carboxylic acids is 1. The monoisotopic (exact) mass is 459 g/mol. The van der Waals surface area contributed by atoms with Crippen molar-refractivity contribution < 1.29 is 27.1 Å². The predicted molar refractivity (Wildman–Crippen MR) is 118 cm³/mol. The molecule has 0 unspecified atom stereocenters. The van der Waals surface area contributed by atoms with Crippen molar-refractivity contribution in [1.82, 2.24) is 4.98 Å². The second-order valence-electron chi connectivity index (χ2n) is 6.78. The van der Waals surface area contributed by atoms with Gasteiger partial charge in [0, 0.05) is 24.4 Å². The van der Waals surface area contributed by atoms with Gasteiger partial charge in [-0.2, -0.15) is 0 Å². The number of amides is 1. The molecule has 2 N–H and O–H groups in total. The van der Waals surface area contributed by atoms with Crippen LogP contribution in [0.25, 0.3) is 0 Å². The molecule has 0 saturated carbocycles. The zero-order chi connectivity index (χ0) is 23.1. The molecule has 0 saturated heterocycles. The first-order chi connectivity index (χ1) is 15.3. The minimum Gasteiger partial charge on any atom is -0.475 e. The number of sulfonamides is 1. The summed E-state index contributed by atoms with van der Waals surface area (Å²) in [5.74, 6) is -0.684. The van der Waals surface area contributed by atoms with Crippen molar-refractivity contribution in [1.29, 1.82) is 0 Å². The molecule has 0 fully saturated rings. The number of ether oxygens (including phenoxy) is 2. The highest BCUT2D eigenvalue weighted by atomic mass is 32.2. The Balaban J connectivity index is 1.68. The lowest BCUT2D eigenvalue weighted by atomic mass is 10.2. The molecule has 1 aromatic heterocycles. The van der Waals surface area contributed by atoms with Gasteiger partial charge in [-0.1, -0.05) is 12.1 Å². The molecule has 168 valence electrons. The molecule has 0 spiro atoms.